The van der Waals surface area contributed by atoms with Crippen LogP contribution in [0.3, 0.4) is 0 Å². The van der Waals surface area contributed by atoms with Crippen molar-refractivity contribution in [3.63, 3.8) is 0 Å². The second-order valence-corrected chi connectivity index (χ2v) is 3.38. The van der Waals surface area contributed by atoms with E-state index in [0.29, 0.717) is 11.4 Å². The molecule has 0 aliphatic carbocycles. The molecule has 0 unspecified atom stereocenters. The quantitative estimate of drug-likeness (QED) is 0.714. The third-order valence-electron chi connectivity index (χ3n) is 2.19. The van der Waals surface area contributed by atoms with Gasteiger partial charge in [-0.2, -0.15) is 0 Å². The van der Waals surface area contributed by atoms with E-state index in [1.807, 2.05) is 12.1 Å². The number of nitrogen functional groups attached to an aromatic ring is 1. The molecule has 0 saturated carbocycles. The van der Waals surface area contributed by atoms with E-state index >= 15 is 0 Å². The number of fused-ring (bicyclic) bond motifs is 1. The number of aliphatic carboxylic acids is 1. The number of aromatic amines is 1. The van der Waals surface area contributed by atoms with E-state index < -0.39 is 5.97 Å². The van der Waals surface area contributed by atoms with Gasteiger partial charge in [0.05, 0.1) is 0 Å². The van der Waals surface area contributed by atoms with Gasteiger partial charge in [0.2, 0.25) is 0 Å². The number of H-pyrrole nitrogens is 1. The van der Waals surface area contributed by atoms with Crippen molar-refractivity contribution in [3.8, 4) is 0 Å². The number of nitrogens with one attached hydrogen (secondary N) is 1. The summed E-state index contributed by atoms with van der Waals surface area (Å²) in [5.41, 5.74) is 7.12. The molecule has 1 aromatic heterocycles. The molecule has 0 bridgehead atoms. The van der Waals surface area contributed by atoms with Crippen molar-refractivity contribution in [2.45, 2.75) is 6.42 Å². The molecule has 76 valence electrons. The van der Waals surface area contributed by atoms with Crippen molar-refractivity contribution in [2.75, 3.05) is 5.73 Å². The highest BCUT2D eigenvalue weighted by Crippen LogP contribution is 2.12. The highest BCUT2D eigenvalue weighted by molar-refractivity contribution is 5.78. The molecule has 0 atom stereocenters. The first-order chi connectivity index (χ1) is 7.15. The number of carboxylic acid groups (broad SMARTS) is 1. The lowest BCUT2D eigenvalue weighted by Gasteiger charge is -2.02. The topological polar surface area (TPSA) is 80.3 Å². The number of nitrogens with two attached hydrogens (primary N) is 1. The summed E-state index contributed by atoms with van der Waals surface area (Å²) in [5.74, 6) is -0.536. The van der Waals surface area contributed by atoms with Gasteiger partial charge in [-0.25, -0.2) is 4.98 Å². The Morgan fingerprint density at radius 2 is 2.07 bits per heavy atom. The summed E-state index contributed by atoms with van der Waals surface area (Å²) in [6.45, 7) is 0. The average molecular weight is 202 g/mol. The van der Waals surface area contributed by atoms with E-state index in [2.05, 4.69) is 4.98 Å². The van der Waals surface area contributed by atoms with Gasteiger partial charge in [-0.15, -0.1) is 0 Å². The number of rotatable bonds is 2. The van der Waals surface area contributed by atoms with E-state index in [0.717, 1.165) is 10.9 Å². The summed E-state index contributed by atoms with van der Waals surface area (Å²) in [4.78, 5) is 13.4. The summed E-state index contributed by atoms with van der Waals surface area (Å²) in [6, 6.07) is 9.03. The van der Waals surface area contributed by atoms with Crippen LogP contribution in [0.4, 0.5) is 5.82 Å². The van der Waals surface area contributed by atoms with Gasteiger partial charge in [0.15, 0.2) is 0 Å². The number of carbonyl (C=O) groups excluding carboxylic acids is 1. The molecule has 2 rings (SSSR count). The van der Waals surface area contributed by atoms with Crippen LogP contribution in [0.1, 0.15) is 5.56 Å². The minimum absolute atomic E-state index is 0.0847. The normalized spacial score (nSPS) is 10.4. The summed E-state index contributed by atoms with van der Waals surface area (Å²) in [5, 5.41) is 11.4. The molecule has 4 nitrogen and oxygen atoms in total. The monoisotopic (exact) mass is 202 g/mol. The van der Waals surface area contributed by atoms with Crippen molar-refractivity contribution in [1.29, 1.82) is 0 Å². The van der Waals surface area contributed by atoms with Gasteiger partial charge in [0.1, 0.15) is 5.52 Å². The Balaban J connectivity index is 2.49. The van der Waals surface area contributed by atoms with Crippen LogP contribution in [-0.2, 0) is 11.2 Å². The van der Waals surface area contributed by atoms with Crippen LogP contribution in [0.2, 0.25) is 0 Å². The molecule has 2 aromatic rings. The van der Waals surface area contributed by atoms with Crippen LogP contribution < -0.4 is 15.8 Å². The highest BCUT2D eigenvalue weighted by Gasteiger charge is 2.01. The maximum absolute atomic E-state index is 10.4. The van der Waals surface area contributed by atoms with Crippen LogP contribution >= 0.6 is 0 Å². The summed E-state index contributed by atoms with van der Waals surface area (Å²) in [7, 11) is 0. The number of hydrogen-bond donors (Lipinski definition) is 1. The Morgan fingerprint density at radius 1 is 1.33 bits per heavy atom. The molecule has 0 amide bonds. The Kier molecular flexibility index (Phi) is 2.25. The molecule has 0 spiro atoms. The number of anilines is 1. The first-order valence-electron chi connectivity index (χ1n) is 4.55. The molecule has 0 saturated heterocycles. The third-order valence-corrected chi connectivity index (χ3v) is 2.19. The first kappa shape index (κ1) is 9.45. The van der Waals surface area contributed by atoms with Gasteiger partial charge in [0, 0.05) is 23.8 Å². The number of carbonyl (C=O) groups is 1. The SMILES string of the molecule is Nc1ccc2ccc(CC(=O)[O-])cc2[nH+]1. The fourth-order valence-electron chi connectivity index (χ4n) is 1.51. The Bertz CT molecular complexity index is 523. The fraction of sp³-hybridized carbons (Fsp3) is 0.0909. The van der Waals surface area contributed by atoms with E-state index in [1.54, 1.807) is 18.2 Å². The first-order valence-corrected chi connectivity index (χ1v) is 4.55. The molecule has 0 fully saturated rings. The highest BCUT2D eigenvalue weighted by atomic mass is 16.4. The summed E-state index contributed by atoms with van der Waals surface area (Å²) in [6.07, 6.45) is -0.0847. The van der Waals surface area contributed by atoms with Gasteiger partial charge >= 0.3 is 0 Å². The van der Waals surface area contributed by atoms with Gasteiger partial charge in [-0.1, -0.05) is 12.1 Å². The van der Waals surface area contributed by atoms with E-state index in [9.17, 15) is 9.90 Å². The van der Waals surface area contributed by atoms with Gasteiger partial charge in [0.25, 0.3) is 5.82 Å². The molecule has 1 aromatic carbocycles. The van der Waals surface area contributed by atoms with Crippen LogP contribution in [-0.4, -0.2) is 5.97 Å². The molecule has 4 heteroatoms. The second-order valence-electron chi connectivity index (χ2n) is 3.38. The predicted octanol–water partition coefficient (Wildman–Crippen LogP) is -0.472. The van der Waals surface area contributed by atoms with Crippen LogP contribution in [0, 0.1) is 0 Å². The molecule has 0 radical (unpaired) electrons. The van der Waals surface area contributed by atoms with Gasteiger partial charge in [-0.3, -0.25) is 5.73 Å². The van der Waals surface area contributed by atoms with Gasteiger partial charge < -0.3 is 9.90 Å². The number of pyridine rings is 1. The zero-order valence-corrected chi connectivity index (χ0v) is 7.99. The predicted molar refractivity (Wildman–Crippen MR) is 53.6 cm³/mol. The Labute approximate surface area is 86.4 Å². The Morgan fingerprint density at radius 3 is 2.80 bits per heavy atom. The molecular formula is C11H10N2O2. The number of carboxylic acids is 1. The van der Waals surface area contributed by atoms with Crippen molar-refractivity contribution in [3.05, 3.63) is 35.9 Å². The lowest BCUT2D eigenvalue weighted by molar-refractivity contribution is -0.326. The zero-order valence-electron chi connectivity index (χ0n) is 7.99. The standard InChI is InChI=1S/C11H10N2O2/c12-10-4-3-8-2-1-7(6-11(14)15)5-9(8)13-10/h1-5H,6H2,(H2,12,13)(H,14,15). The van der Waals surface area contributed by atoms with E-state index in [4.69, 9.17) is 5.73 Å². The molecule has 1 heterocycles. The maximum Gasteiger partial charge on any atom is 0.270 e. The van der Waals surface area contributed by atoms with Crippen molar-refractivity contribution >= 4 is 22.7 Å². The number of aromatic nitrogens is 1. The zero-order chi connectivity index (χ0) is 10.8. The minimum atomic E-state index is -1.08. The number of benzene rings is 1. The smallest absolute Gasteiger partial charge is 0.270 e. The van der Waals surface area contributed by atoms with Crippen LogP contribution in [0.15, 0.2) is 30.3 Å². The molecular weight excluding hydrogens is 192 g/mol. The molecule has 0 aliphatic rings. The Hall–Kier alpha value is -2.10. The molecule has 0 aliphatic heterocycles. The van der Waals surface area contributed by atoms with E-state index in [-0.39, 0.29) is 6.42 Å². The summed E-state index contributed by atoms with van der Waals surface area (Å²) >= 11 is 0. The lowest BCUT2D eigenvalue weighted by atomic mass is 10.1. The van der Waals surface area contributed by atoms with Crippen LogP contribution in [0.25, 0.3) is 10.9 Å². The van der Waals surface area contributed by atoms with Gasteiger partial charge in [-0.05, 0) is 17.7 Å². The van der Waals surface area contributed by atoms with Crippen molar-refractivity contribution < 1.29 is 14.9 Å². The molecule has 3 N–H and O–H groups in total. The average Bonchev–Trinajstić information content (AvgIpc) is 2.16. The maximum atomic E-state index is 10.4. The minimum Gasteiger partial charge on any atom is -0.550 e. The van der Waals surface area contributed by atoms with Crippen molar-refractivity contribution in [1.82, 2.24) is 0 Å². The van der Waals surface area contributed by atoms with E-state index in [1.165, 1.54) is 0 Å². The largest absolute Gasteiger partial charge is 0.550 e. The van der Waals surface area contributed by atoms with Crippen LogP contribution in [0.5, 0.6) is 0 Å². The number of hydrogen-bond acceptors (Lipinski definition) is 3. The molecule has 15 heavy (non-hydrogen) atoms. The lowest BCUT2D eigenvalue weighted by Crippen LogP contribution is -2.24. The fourth-order valence-corrected chi connectivity index (χ4v) is 1.51. The third kappa shape index (κ3) is 2.04. The summed E-state index contributed by atoms with van der Waals surface area (Å²) < 4.78 is 0. The van der Waals surface area contributed by atoms with Crippen molar-refractivity contribution in [2.24, 2.45) is 0 Å². The second kappa shape index (κ2) is 3.57.